The second-order valence-corrected chi connectivity index (χ2v) is 10.0. The zero-order chi connectivity index (χ0) is 22.6. The molecule has 1 aliphatic carbocycles. The van der Waals surface area contributed by atoms with Crippen LogP contribution in [0.25, 0.3) is 0 Å². The highest BCUT2D eigenvalue weighted by Crippen LogP contribution is 2.26. The van der Waals surface area contributed by atoms with Crippen molar-refractivity contribution in [1.29, 1.82) is 0 Å². The summed E-state index contributed by atoms with van der Waals surface area (Å²) in [5.74, 6) is 0. The van der Waals surface area contributed by atoms with E-state index in [1.165, 1.54) is 6.07 Å². The van der Waals surface area contributed by atoms with E-state index in [0.717, 1.165) is 19.3 Å². The number of hydrogen-bond acceptors (Lipinski definition) is 5. The smallest absolute Gasteiger partial charge is 0.407 e. The normalized spacial score (nSPS) is 18.6. The van der Waals surface area contributed by atoms with Crippen molar-refractivity contribution in [3.05, 3.63) is 29.8 Å². The summed E-state index contributed by atoms with van der Waals surface area (Å²) < 4.78 is 48.8. The van der Waals surface area contributed by atoms with Gasteiger partial charge in [0.2, 0.25) is 10.0 Å². The van der Waals surface area contributed by atoms with Crippen molar-refractivity contribution in [3.8, 4) is 0 Å². The third-order valence-corrected chi connectivity index (χ3v) is 6.28. The maximum Gasteiger partial charge on any atom is 0.407 e. The molecular formula is C20H32N2O5S. The van der Waals surface area contributed by atoms with Crippen molar-refractivity contribution in [2.45, 2.75) is 76.3 Å². The second kappa shape index (κ2) is 9.60. The second-order valence-electron chi connectivity index (χ2n) is 8.06. The summed E-state index contributed by atoms with van der Waals surface area (Å²) in [6.45, 7) is 2.77. The van der Waals surface area contributed by atoms with Gasteiger partial charge in [0, 0.05) is 14.9 Å². The Labute approximate surface area is 170 Å². The minimum absolute atomic E-state index is 0.317. The molecule has 0 aromatic heterocycles. The highest BCUT2D eigenvalue weighted by molar-refractivity contribution is 7.93. The van der Waals surface area contributed by atoms with Crippen LogP contribution in [0.15, 0.2) is 24.3 Å². The van der Waals surface area contributed by atoms with E-state index in [4.69, 9.17) is 7.48 Å². The number of aliphatic hydroxyl groups is 1. The molecule has 3 N–H and O–H groups in total. The number of aliphatic hydroxyl groups excluding tert-OH is 1. The molecule has 1 amide bonds. The third kappa shape index (κ3) is 7.31. The first-order chi connectivity index (χ1) is 13.8. The Morgan fingerprint density at radius 2 is 2.00 bits per heavy atom. The molecule has 28 heavy (non-hydrogen) atoms. The summed E-state index contributed by atoms with van der Waals surface area (Å²) in [5, 5.41) is 12.1. The molecule has 2 rings (SSSR count). The summed E-state index contributed by atoms with van der Waals surface area (Å²) >= 11 is 0. The highest BCUT2D eigenvalue weighted by Gasteiger charge is 2.27. The summed E-state index contributed by atoms with van der Waals surface area (Å²) in [4.78, 5) is 11.8. The Morgan fingerprint density at radius 3 is 2.64 bits per heavy atom. The molecule has 0 bridgehead atoms. The fourth-order valence-corrected chi connectivity index (χ4v) is 4.65. The number of amides is 1. The number of alkyl carbamates (subject to hydrolysis) is 1. The Balaban J connectivity index is 2.03. The Hall–Kier alpha value is -1.80. The largest absolute Gasteiger partial charge is 0.444 e. The lowest BCUT2D eigenvalue weighted by Crippen LogP contribution is -2.33. The maximum atomic E-state index is 12.6. The number of nitrogens with one attached hydrogen (secondary N) is 2. The Morgan fingerprint density at radius 1 is 1.32 bits per heavy atom. The van der Waals surface area contributed by atoms with Crippen molar-refractivity contribution in [2.24, 2.45) is 0 Å². The Kier molecular flexibility index (Phi) is 6.69. The van der Waals surface area contributed by atoms with E-state index in [0.29, 0.717) is 24.1 Å². The summed E-state index contributed by atoms with van der Waals surface area (Å²) in [7, 11) is -3.53. The van der Waals surface area contributed by atoms with Crippen LogP contribution in [-0.4, -0.2) is 37.0 Å². The van der Waals surface area contributed by atoms with Crippen LogP contribution >= 0.6 is 0 Å². The van der Waals surface area contributed by atoms with Crippen LogP contribution in [0.1, 0.15) is 73.7 Å². The first kappa shape index (κ1) is 19.5. The van der Waals surface area contributed by atoms with E-state index in [1.807, 2.05) is 0 Å². The number of sulfonamides is 1. The van der Waals surface area contributed by atoms with Crippen LogP contribution in [-0.2, 0) is 14.8 Å². The summed E-state index contributed by atoms with van der Waals surface area (Å²) in [6, 6.07) is 6.24. The fourth-order valence-electron chi connectivity index (χ4n) is 3.07. The van der Waals surface area contributed by atoms with Crippen LogP contribution in [0.5, 0.6) is 0 Å². The van der Waals surface area contributed by atoms with Gasteiger partial charge < -0.3 is 15.2 Å². The van der Waals surface area contributed by atoms with Crippen LogP contribution in [0.2, 0.25) is 0 Å². The topological polar surface area (TPSA) is 105 Å². The van der Waals surface area contributed by atoms with Crippen LogP contribution in [0.3, 0.4) is 0 Å². The molecule has 8 heteroatoms. The van der Waals surface area contributed by atoms with Gasteiger partial charge in [0.25, 0.3) is 0 Å². The molecule has 0 spiro atoms. The number of ether oxygens (including phenoxy) is 1. The lowest BCUT2D eigenvalue weighted by molar-refractivity contribution is 0.0518. The van der Waals surface area contributed by atoms with Gasteiger partial charge in [-0.2, -0.15) is 0 Å². The predicted octanol–water partition coefficient (Wildman–Crippen LogP) is 3.71. The highest BCUT2D eigenvalue weighted by atomic mass is 32.2. The van der Waals surface area contributed by atoms with E-state index in [-0.39, 0.29) is 0 Å². The molecule has 1 aromatic carbocycles. The number of rotatable bonds is 7. The van der Waals surface area contributed by atoms with E-state index in [1.54, 1.807) is 39.0 Å². The van der Waals surface area contributed by atoms with Gasteiger partial charge in [-0.05, 0) is 57.7 Å². The van der Waals surface area contributed by atoms with E-state index in [9.17, 15) is 18.3 Å². The molecule has 0 aliphatic heterocycles. The molecule has 0 heterocycles. The molecule has 0 radical (unpaired) electrons. The Bertz CT molecular complexity index is 834. The van der Waals surface area contributed by atoms with E-state index in [2.05, 4.69) is 10.0 Å². The van der Waals surface area contributed by atoms with Gasteiger partial charge in [-0.3, -0.25) is 4.72 Å². The number of anilines is 1. The standard InChI is InChI=1S/C20H32N2O5S/c1-20(2,3)27-19(24)21-13-12-18(23)15-8-7-9-16(14-15)22-28(25,26)17-10-5-4-6-11-17/h7-9,14,17-18,22-23H,4-6,10-13H2,1-3H3,(H,21,24)/i13D2. The quantitative estimate of drug-likeness (QED) is 0.631. The molecule has 7 nitrogen and oxygen atoms in total. The van der Waals surface area contributed by atoms with Crippen molar-refractivity contribution in [1.82, 2.24) is 5.32 Å². The lowest BCUT2D eigenvalue weighted by Gasteiger charge is -2.23. The number of carbonyl (C=O) groups is 1. The predicted molar refractivity (Wildman–Crippen MR) is 110 cm³/mol. The molecular weight excluding hydrogens is 380 g/mol. The molecule has 0 saturated heterocycles. The molecule has 1 aromatic rings. The molecule has 1 aliphatic rings. The van der Waals surface area contributed by atoms with Crippen LogP contribution in [0, 0.1) is 0 Å². The summed E-state index contributed by atoms with van der Waals surface area (Å²) in [5.41, 5.74) is -0.116. The average molecular weight is 415 g/mol. The van der Waals surface area contributed by atoms with Crippen LogP contribution < -0.4 is 10.0 Å². The zero-order valence-electron chi connectivity index (χ0n) is 18.7. The molecule has 1 saturated carbocycles. The van der Waals surface area contributed by atoms with Gasteiger partial charge >= 0.3 is 6.09 Å². The zero-order valence-corrected chi connectivity index (χ0v) is 17.5. The van der Waals surface area contributed by atoms with Gasteiger partial charge in [-0.1, -0.05) is 31.4 Å². The molecule has 1 atom stereocenters. The van der Waals surface area contributed by atoms with E-state index < -0.39 is 46.0 Å². The van der Waals surface area contributed by atoms with Crippen molar-refractivity contribution < 1.29 is 25.8 Å². The lowest BCUT2D eigenvalue weighted by atomic mass is 10.0. The minimum Gasteiger partial charge on any atom is -0.444 e. The van der Waals surface area contributed by atoms with Gasteiger partial charge in [-0.15, -0.1) is 0 Å². The van der Waals surface area contributed by atoms with Gasteiger partial charge in [-0.25, -0.2) is 13.2 Å². The van der Waals surface area contributed by atoms with Gasteiger partial charge in [0.1, 0.15) is 5.60 Å². The van der Waals surface area contributed by atoms with Crippen LogP contribution in [0.4, 0.5) is 10.5 Å². The maximum absolute atomic E-state index is 12.6. The van der Waals surface area contributed by atoms with Gasteiger partial charge in [0.15, 0.2) is 0 Å². The molecule has 158 valence electrons. The van der Waals surface area contributed by atoms with Crippen molar-refractivity contribution in [3.63, 3.8) is 0 Å². The number of benzene rings is 1. The van der Waals surface area contributed by atoms with Gasteiger partial charge in [0.05, 0.1) is 11.4 Å². The first-order valence-electron chi connectivity index (χ1n) is 10.6. The molecule has 1 fully saturated rings. The van der Waals surface area contributed by atoms with Crippen molar-refractivity contribution in [2.75, 3.05) is 11.2 Å². The average Bonchev–Trinajstić information content (AvgIpc) is 2.59. The SMILES string of the molecule is [2H]C([2H])(CC(O)c1cccc(NS(=O)(=O)C2CCCCC2)c1)NC(=O)OC(C)(C)C. The number of carbonyl (C=O) groups excluding carboxylic acids is 1. The van der Waals surface area contributed by atoms with E-state index >= 15 is 0 Å². The third-order valence-electron chi connectivity index (χ3n) is 4.41. The molecule has 1 unspecified atom stereocenters. The van der Waals surface area contributed by atoms with Crippen molar-refractivity contribution >= 4 is 21.8 Å². The minimum atomic E-state index is -3.53. The monoisotopic (exact) mass is 414 g/mol. The first-order valence-corrected chi connectivity index (χ1v) is 11.1. The number of hydrogen-bond donors (Lipinski definition) is 3. The fraction of sp³-hybridized carbons (Fsp3) is 0.650. The summed E-state index contributed by atoms with van der Waals surface area (Å²) in [6.07, 6.45) is 1.50.